The quantitative estimate of drug-likeness (QED) is 0.306. The lowest BCUT2D eigenvalue weighted by Gasteiger charge is -2.25. The second-order valence-electron chi connectivity index (χ2n) is 10.8. The lowest BCUT2D eigenvalue weighted by molar-refractivity contribution is -0.157. The van der Waals surface area contributed by atoms with Crippen molar-refractivity contribution in [1.82, 2.24) is 24.5 Å². The molecule has 1 aliphatic heterocycles. The summed E-state index contributed by atoms with van der Waals surface area (Å²) >= 11 is 1.49. The maximum absolute atomic E-state index is 13.0. The molecular formula is C27H30F3N7O2S. The minimum Gasteiger partial charge on any atom is -0.364 e. The van der Waals surface area contributed by atoms with Gasteiger partial charge in [0.25, 0.3) is 0 Å². The number of hydrogen-bond acceptors (Lipinski definition) is 9. The molecule has 13 heteroatoms. The van der Waals surface area contributed by atoms with E-state index in [1.165, 1.54) is 11.3 Å². The molecule has 2 N–H and O–H groups in total. The minimum atomic E-state index is -4.41. The van der Waals surface area contributed by atoms with Gasteiger partial charge in [0.2, 0.25) is 5.95 Å². The summed E-state index contributed by atoms with van der Waals surface area (Å²) in [6.45, 7) is 4.30. The first-order valence-electron chi connectivity index (χ1n) is 13.1. The first-order chi connectivity index (χ1) is 19.0. The van der Waals surface area contributed by atoms with Crippen LogP contribution in [0, 0.1) is 12.8 Å². The van der Waals surface area contributed by atoms with Gasteiger partial charge in [-0.25, -0.2) is 15.0 Å². The summed E-state index contributed by atoms with van der Waals surface area (Å²) in [6.07, 6.45) is 0.216. The molecule has 0 bridgehead atoms. The van der Waals surface area contributed by atoms with Crippen molar-refractivity contribution in [2.45, 2.75) is 63.8 Å². The second-order valence-corrected chi connectivity index (χ2v) is 11.8. The summed E-state index contributed by atoms with van der Waals surface area (Å²) in [5.41, 5.74) is 2.00. The molecule has 6 rings (SSSR count). The summed E-state index contributed by atoms with van der Waals surface area (Å²) in [5.74, 6) is 0.592. The Balaban J connectivity index is 1.36. The van der Waals surface area contributed by atoms with Crippen molar-refractivity contribution < 1.29 is 22.6 Å². The minimum absolute atomic E-state index is 0.106. The van der Waals surface area contributed by atoms with E-state index >= 15 is 0 Å². The Morgan fingerprint density at radius 3 is 2.62 bits per heavy atom. The Hall–Kier alpha value is -3.29. The number of ether oxygens (including phenoxy) is 2. The fraction of sp³-hybridized carbons (Fsp3) is 0.481. The number of fused-ring (bicyclic) bond motifs is 2. The maximum Gasteiger partial charge on any atom is 0.405 e. The topological polar surface area (TPSA) is 99.0 Å². The first-order valence-corrected chi connectivity index (χ1v) is 13.9. The van der Waals surface area contributed by atoms with Crippen molar-refractivity contribution in [1.29, 1.82) is 0 Å². The van der Waals surface area contributed by atoms with E-state index in [0.29, 0.717) is 34.9 Å². The first kappa shape index (κ1) is 26.9. The van der Waals surface area contributed by atoms with Gasteiger partial charge in [0.1, 0.15) is 29.3 Å². The number of alkyl halides is 3. The molecular weight excluding hydrogens is 543 g/mol. The van der Waals surface area contributed by atoms with Crippen molar-refractivity contribution in [2.75, 3.05) is 17.2 Å². The molecule has 1 aromatic carbocycles. The van der Waals surface area contributed by atoms with Gasteiger partial charge in [-0.15, -0.1) is 11.3 Å². The van der Waals surface area contributed by atoms with Crippen LogP contribution in [0.15, 0.2) is 36.7 Å². The molecule has 0 spiro atoms. The highest BCUT2D eigenvalue weighted by Crippen LogP contribution is 2.45. The summed E-state index contributed by atoms with van der Waals surface area (Å²) in [7, 11) is 1.96. The van der Waals surface area contributed by atoms with E-state index in [1.807, 2.05) is 55.9 Å². The van der Waals surface area contributed by atoms with Crippen LogP contribution in [0.3, 0.4) is 0 Å². The molecule has 0 amide bonds. The van der Waals surface area contributed by atoms with Gasteiger partial charge in [0, 0.05) is 25.9 Å². The van der Waals surface area contributed by atoms with E-state index in [9.17, 15) is 13.2 Å². The van der Waals surface area contributed by atoms with Gasteiger partial charge in [-0.2, -0.15) is 18.2 Å². The Morgan fingerprint density at radius 1 is 1.12 bits per heavy atom. The number of imidazole rings is 1. The summed E-state index contributed by atoms with van der Waals surface area (Å²) in [4.78, 5) is 18.2. The third-order valence-corrected chi connectivity index (χ3v) is 8.37. The van der Waals surface area contributed by atoms with Gasteiger partial charge >= 0.3 is 6.18 Å². The van der Waals surface area contributed by atoms with Gasteiger partial charge in [-0.1, -0.05) is 12.1 Å². The zero-order chi connectivity index (χ0) is 28.2. The van der Waals surface area contributed by atoms with Crippen molar-refractivity contribution in [3.8, 4) is 10.6 Å². The van der Waals surface area contributed by atoms with E-state index in [4.69, 9.17) is 14.5 Å². The molecule has 9 nitrogen and oxygen atoms in total. The third kappa shape index (κ3) is 5.37. The number of aromatic nitrogens is 5. The Morgan fingerprint density at radius 2 is 1.90 bits per heavy atom. The zero-order valence-corrected chi connectivity index (χ0v) is 23.3. The van der Waals surface area contributed by atoms with E-state index in [2.05, 4.69) is 25.6 Å². The van der Waals surface area contributed by atoms with Crippen LogP contribution in [0.1, 0.15) is 31.8 Å². The lowest BCUT2D eigenvalue weighted by atomic mass is 10.0. The molecule has 1 unspecified atom stereocenters. The van der Waals surface area contributed by atoms with E-state index in [0.717, 1.165) is 16.0 Å². The smallest absolute Gasteiger partial charge is 0.364 e. The molecule has 0 radical (unpaired) electrons. The number of benzene rings is 1. The van der Waals surface area contributed by atoms with Crippen LogP contribution < -0.4 is 10.6 Å². The Kier molecular flexibility index (Phi) is 6.70. The van der Waals surface area contributed by atoms with Gasteiger partial charge in [0.15, 0.2) is 5.79 Å². The Labute approximate surface area is 233 Å². The lowest BCUT2D eigenvalue weighted by Crippen LogP contribution is -2.35. The van der Waals surface area contributed by atoms with Crippen LogP contribution in [-0.4, -0.2) is 61.3 Å². The molecule has 1 aliphatic carbocycles. The summed E-state index contributed by atoms with van der Waals surface area (Å²) in [5, 5.41) is 6.54. The fourth-order valence-electron chi connectivity index (χ4n) is 5.60. The van der Waals surface area contributed by atoms with Crippen molar-refractivity contribution in [3.05, 3.63) is 48.2 Å². The van der Waals surface area contributed by atoms with E-state index in [-0.39, 0.29) is 30.1 Å². The van der Waals surface area contributed by atoms with Crippen LogP contribution in [0.2, 0.25) is 0 Å². The number of halogens is 3. The third-order valence-electron chi connectivity index (χ3n) is 7.31. The number of nitrogens with zero attached hydrogens (tertiary/aromatic N) is 5. The van der Waals surface area contributed by atoms with Crippen LogP contribution in [0.25, 0.3) is 20.8 Å². The van der Waals surface area contributed by atoms with Gasteiger partial charge in [-0.05, 0) is 45.2 Å². The number of aryl methyl sites for hydroxylation is 2. The average molecular weight is 574 g/mol. The van der Waals surface area contributed by atoms with Crippen molar-refractivity contribution in [2.24, 2.45) is 13.0 Å². The maximum atomic E-state index is 13.0. The van der Waals surface area contributed by atoms with Gasteiger partial charge in [0.05, 0.1) is 33.6 Å². The number of anilines is 2. The highest BCUT2D eigenvalue weighted by Gasteiger charge is 2.54. The highest BCUT2D eigenvalue weighted by atomic mass is 32.1. The molecule has 3 aromatic heterocycles. The van der Waals surface area contributed by atoms with E-state index < -0.39 is 18.5 Å². The van der Waals surface area contributed by atoms with Gasteiger partial charge < -0.3 is 24.7 Å². The average Bonchev–Trinajstić information content (AvgIpc) is 3.62. The zero-order valence-electron chi connectivity index (χ0n) is 22.5. The van der Waals surface area contributed by atoms with Crippen LogP contribution in [0.5, 0.6) is 0 Å². The van der Waals surface area contributed by atoms with Crippen molar-refractivity contribution >= 4 is 33.3 Å². The number of thiazole rings is 1. The summed E-state index contributed by atoms with van der Waals surface area (Å²) in [6, 6.07) is 7.55. The standard InChI is InChI=1S/C27H30F3N7O2S/c1-14-20(24-35-16-7-5-6-8-18(16)40-24)23(36-25(33-14)32-13-27(28,29)30)34-17-11-15(12-19-31-9-10-37(19)4)21-22(17)39-26(2,3)38-21/h5-10,15,17,21-22H,11-13H2,1-4H3,(H2,32,33,34,36)/t15-,17?,21-,22+/m1/s1. The molecule has 2 aliphatic rings. The number of nitrogens with one attached hydrogen (secondary N) is 2. The highest BCUT2D eigenvalue weighted by molar-refractivity contribution is 7.21. The number of rotatable bonds is 7. The molecule has 2 fully saturated rings. The predicted octanol–water partition coefficient (Wildman–Crippen LogP) is 5.33. The SMILES string of the molecule is Cc1nc(NCC(F)(F)F)nc(NC2C[C@H](Cc3nccn3C)[C@H]3OC(C)(C)O[C@@H]23)c1-c1nc2ccccc2s1. The van der Waals surface area contributed by atoms with Gasteiger partial charge in [-0.3, -0.25) is 0 Å². The number of para-hydroxylation sites is 1. The molecule has 4 heterocycles. The van der Waals surface area contributed by atoms with Crippen LogP contribution in [0.4, 0.5) is 24.9 Å². The molecule has 4 atom stereocenters. The molecule has 1 saturated heterocycles. The Bertz CT molecular complexity index is 1500. The number of hydrogen-bond donors (Lipinski definition) is 2. The monoisotopic (exact) mass is 573 g/mol. The van der Waals surface area contributed by atoms with E-state index in [1.54, 1.807) is 13.1 Å². The molecule has 212 valence electrons. The van der Waals surface area contributed by atoms with Crippen LogP contribution >= 0.6 is 11.3 Å². The second kappa shape index (κ2) is 9.96. The fourth-order valence-corrected chi connectivity index (χ4v) is 6.67. The normalized spacial score (nSPS) is 24.0. The largest absolute Gasteiger partial charge is 0.405 e. The van der Waals surface area contributed by atoms with Crippen LogP contribution in [-0.2, 0) is 22.9 Å². The predicted molar refractivity (Wildman–Crippen MR) is 146 cm³/mol. The molecule has 40 heavy (non-hydrogen) atoms. The summed E-state index contributed by atoms with van der Waals surface area (Å²) < 4.78 is 54.7. The molecule has 4 aromatic rings. The molecule has 1 saturated carbocycles. The van der Waals surface area contributed by atoms with Crippen molar-refractivity contribution in [3.63, 3.8) is 0 Å².